The van der Waals surface area contributed by atoms with Gasteiger partial charge in [-0.3, -0.25) is 0 Å². The van der Waals surface area contributed by atoms with Gasteiger partial charge in [-0.15, -0.1) is 0 Å². The molecule has 26 heavy (non-hydrogen) atoms. The number of nitrogens with one attached hydrogen (secondary N) is 1. The molecule has 0 bridgehead atoms. The average Bonchev–Trinajstić information content (AvgIpc) is 3.22. The van der Waals surface area contributed by atoms with Gasteiger partial charge in [-0.05, 0) is 56.9 Å². The Morgan fingerprint density at radius 3 is 2.27 bits per heavy atom. The van der Waals surface area contributed by atoms with Gasteiger partial charge in [0.1, 0.15) is 5.82 Å². The Morgan fingerprint density at radius 1 is 0.692 bits per heavy atom. The van der Waals surface area contributed by atoms with Crippen molar-refractivity contribution in [3.05, 3.63) is 89.7 Å². The molecule has 0 saturated heterocycles. The molecule has 0 unspecified atom stereocenters. The van der Waals surface area contributed by atoms with E-state index in [0.717, 1.165) is 21.4 Å². The smallest absolute Gasteiger partial charge is 0.137 e. The van der Waals surface area contributed by atoms with Gasteiger partial charge in [-0.2, -0.15) is 0 Å². The van der Waals surface area contributed by atoms with Gasteiger partial charge in [0.05, 0.1) is 0 Å². The van der Waals surface area contributed by atoms with Gasteiger partial charge in [0, 0.05) is 22.4 Å². The average molecular weight is 399 g/mol. The predicted octanol–water partition coefficient (Wildman–Crippen LogP) is 6.81. The minimum absolute atomic E-state index is 0.879. The Morgan fingerprint density at radius 2 is 1.46 bits per heavy atom. The first-order chi connectivity index (χ1) is 12.8. The molecular weight excluding hydrogens is 384 g/mol. The van der Waals surface area contributed by atoms with Crippen LogP contribution >= 0.6 is 15.9 Å². The van der Waals surface area contributed by atoms with Crippen LogP contribution in [-0.4, -0.2) is 9.97 Å². The lowest BCUT2D eigenvalue weighted by Gasteiger charge is -2.14. The molecule has 0 amide bonds. The van der Waals surface area contributed by atoms with Crippen LogP contribution in [0.2, 0.25) is 0 Å². The summed E-state index contributed by atoms with van der Waals surface area (Å²) in [5.41, 5.74) is 3.47. The highest BCUT2D eigenvalue weighted by Gasteiger charge is 2.14. The van der Waals surface area contributed by atoms with E-state index < -0.39 is 0 Å². The van der Waals surface area contributed by atoms with Crippen molar-refractivity contribution >= 4 is 37.5 Å². The molecule has 2 nitrogen and oxygen atoms in total. The van der Waals surface area contributed by atoms with Crippen molar-refractivity contribution in [2.24, 2.45) is 0 Å². The number of hydrogen-bond acceptors (Lipinski definition) is 1. The lowest BCUT2D eigenvalue weighted by molar-refractivity contribution is 1.31. The summed E-state index contributed by atoms with van der Waals surface area (Å²) in [7, 11) is 0. The van der Waals surface area contributed by atoms with E-state index in [2.05, 4.69) is 98.7 Å². The number of imidazole rings is 1. The minimum Gasteiger partial charge on any atom is -0.345 e. The van der Waals surface area contributed by atoms with Crippen LogP contribution in [0.1, 0.15) is 0 Å². The summed E-state index contributed by atoms with van der Waals surface area (Å²) in [5.74, 6) is 0.879. The summed E-state index contributed by atoms with van der Waals surface area (Å²) in [6.07, 6.45) is 3.65. The fourth-order valence-electron chi connectivity index (χ4n) is 3.64. The third-order valence-electron chi connectivity index (χ3n) is 4.79. The van der Waals surface area contributed by atoms with Crippen LogP contribution in [0.15, 0.2) is 89.7 Å². The molecular formula is C23H15BrN2. The molecule has 0 aliphatic rings. The molecule has 0 aliphatic heterocycles. The zero-order valence-electron chi connectivity index (χ0n) is 13.9. The Hall–Kier alpha value is -2.91. The first kappa shape index (κ1) is 15.4. The summed E-state index contributed by atoms with van der Waals surface area (Å²) in [6.45, 7) is 0. The van der Waals surface area contributed by atoms with E-state index in [1.807, 2.05) is 6.20 Å². The predicted molar refractivity (Wildman–Crippen MR) is 112 cm³/mol. The molecule has 5 aromatic rings. The highest BCUT2D eigenvalue weighted by Crippen LogP contribution is 2.39. The standard InChI is InChI=1S/C23H15BrN2/c24-16-9-10-20(23-25-11-12-26-23)22(14-16)21-13-15-5-1-2-6-17(15)18-7-3-4-8-19(18)21/h1-14H,(H,25,26). The molecule has 0 aliphatic carbocycles. The van der Waals surface area contributed by atoms with Crippen molar-refractivity contribution in [1.29, 1.82) is 0 Å². The largest absolute Gasteiger partial charge is 0.345 e. The van der Waals surface area contributed by atoms with Crippen LogP contribution < -0.4 is 0 Å². The van der Waals surface area contributed by atoms with Crippen molar-refractivity contribution < 1.29 is 0 Å². The molecule has 1 N–H and O–H groups in total. The van der Waals surface area contributed by atoms with Gasteiger partial charge in [0.2, 0.25) is 0 Å². The number of fused-ring (bicyclic) bond motifs is 3. The van der Waals surface area contributed by atoms with Gasteiger partial charge in [-0.25, -0.2) is 4.98 Å². The molecule has 3 heteroatoms. The van der Waals surface area contributed by atoms with Gasteiger partial charge in [-0.1, -0.05) is 64.5 Å². The third-order valence-corrected chi connectivity index (χ3v) is 5.29. The molecule has 0 saturated carbocycles. The van der Waals surface area contributed by atoms with Gasteiger partial charge >= 0.3 is 0 Å². The van der Waals surface area contributed by atoms with Gasteiger partial charge in [0.25, 0.3) is 0 Å². The molecule has 0 atom stereocenters. The van der Waals surface area contributed by atoms with E-state index >= 15 is 0 Å². The second kappa shape index (κ2) is 6.11. The quantitative estimate of drug-likeness (QED) is 0.325. The zero-order valence-corrected chi connectivity index (χ0v) is 15.5. The summed E-state index contributed by atoms with van der Waals surface area (Å²) >= 11 is 3.64. The fraction of sp³-hybridized carbons (Fsp3) is 0. The van der Waals surface area contributed by atoms with E-state index in [-0.39, 0.29) is 0 Å². The number of aromatic amines is 1. The molecule has 5 rings (SSSR count). The summed E-state index contributed by atoms with van der Waals surface area (Å²) in [6, 6.07) is 25.8. The van der Waals surface area contributed by atoms with E-state index in [1.165, 1.54) is 27.1 Å². The van der Waals surface area contributed by atoms with E-state index in [0.29, 0.717) is 0 Å². The maximum Gasteiger partial charge on any atom is 0.137 e. The van der Waals surface area contributed by atoms with Gasteiger partial charge < -0.3 is 4.98 Å². The van der Waals surface area contributed by atoms with Crippen LogP contribution in [0.5, 0.6) is 0 Å². The Labute approximate surface area is 159 Å². The SMILES string of the molecule is Brc1ccc(-c2ncc[nH]2)c(-c2cc3ccccc3c3ccccc23)c1. The first-order valence-electron chi connectivity index (χ1n) is 8.51. The lowest BCUT2D eigenvalue weighted by Crippen LogP contribution is -1.90. The molecule has 4 aromatic carbocycles. The molecule has 0 spiro atoms. The molecule has 0 radical (unpaired) electrons. The number of H-pyrrole nitrogens is 1. The second-order valence-corrected chi connectivity index (χ2v) is 7.23. The number of benzene rings is 4. The molecule has 124 valence electrons. The number of nitrogens with zero attached hydrogens (tertiary/aromatic N) is 1. The molecule has 1 aromatic heterocycles. The van der Waals surface area contributed by atoms with Crippen molar-refractivity contribution in [2.45, 2.75) is 0 Å². The van der Waals surface area contributed by atoms with Crippen LogP contribution in [0.4, 0.5) is 0 Å². The van der Waals surface area contributed by atoms with Crippen molar-refractivity contribution in [3.8, 4) is 22.5 Å². The Balaban J connectivity index is 1.92. The number of rotatable bonds is 2. The minimum atomic E-state index is 0.879. The highest BCUT2D eigenvalue weighted by molar-refractivity contribution is 9.10. The maximum atomic E-state index is 4.47. The number of hydrogen-bond donors (Lipinski definition) is 1. The second-order valence-electron chi connectivity index (χ2n) is 6.32. The number of aromatic nitrogens is 2. The Kier molecular flexibility index (Phi) is 3.61. The highest BCUT2D eigenvalue weighted by atomic mass is 79.9. The maximum absolute atomic E-state index is 4.47. The zero-order chi connectivity index (χ0) is 17.5. The monoisotopic (exact) mass is 398 g/mol. The van der Waals surface area contributed by atoms with Crippen LogP contribution in [-0.2, 0) is 0 Å². The Bertz CT molecular complexity index is 1240. The van der Waals surface area contributed by atoms with Crippen LogP contribution in [0.3, 0.4) is 0 Å². The third kappa shape index (κ3) is 2.44. The first-order valence-corrected chi connectivity index (χ1v) is 9.31. The van der Waals surface area contributed by atoms with Crippen molar-refractivity contribution in [1.82, 2.24) is 9.97 Å². The van der Waals surface area contributed by atoms with Crippen LogP contribution in [0.25, 0.3) is 44.1 Å². The van der Waals surface area contributed by atoms with Gasteiger partial charge in [0.15, 0.2) is 0 Å². The number of halogens is 1. The molecule has 0 fully saturated rings. The lowest BCUT2D eigenvalue weighted by atomic mass is 9.91. The van der Waals surface area contributed by atoms with E-state index in [9.17, 15) is 0 Å². The van der Waals surface area contributed by atoms with E-state index in [1.54, 1.807) is 6.20 Å². The van der Waals surface area contributed by atoms with Crippen molar-refractivity contribution in [3.63, 3.8) is 0 Å². The molecule has 1 heterocycles. The summed E-state index contributed by atoms with van der Waals surface area (Å²) < 4.78 is 1.06. The summed E-state index contributed by atoms with van der Waals surface area (Å²) in [4.78, 5) is 7.72. The van der Waals surface area contributed by atoms with E-state index in [4.69, 9.17) is 0 Å². The summed E-state index contributed by atoms with van der Waals surface area (Å²) in [5, 5.41) is 5.04. The fourth-order valence-corrected chi connectivity index (χ4v) is 4.00. The topological polar surface area (TPSA) is 28.7 Å². The normalized spacial score (nSPS) is 11.3. The van der Waals surface area contributed by atoms with Crippen molar-refractivity contribution in [2.75, 3.05) is 0 Å². The van der Waals surface area contributed by atoms with Crippen LogP contribution in [0, 0.1) is 0 Å².